The molecule has 0 fully saturated rings. The van der Waals surface area contributed by atoms with Gasteiger partial charge in [-0.05, 0) is 38.3 Å². The Morgan fingerprint density at radius 3 is 2.94 bits per heavy atom. The van der Waals surface area contributed by atoms with Gasteiger partial charge in [-0.1, -0.05) is 6.07 Å². The van der Waals surface area contributed by atoms with Gasteiger partial charge in [0.25, 0.3) is 0 Å². The number of aromatic nitrogens is 2. The third-order valence-electron chi connectivity index (χ3n) is 2.85. The highest BCUT2D eigenvalue weighted by molar-refractivity contribution is 7.98. The van der Waals surface area contributed by atoms with Gasteiger partial charge in [-0.15, -0.1) is 11.8 Å². The minimum absolute atomic E-state index is 0.446. The van der Waals surface area contributed by atoms with Crippen molar-refractivity contribution in [3.8, 4) is 0 Å². The van der Waals surface area contributed by atoms with Crippen LogP contribution in [0.25, 0.3) is 0 Å². The van der Waals surface area contributed by atoms with Crippen LogP contribution in [0, 0.1) is 0 Å². The Morgan fingerprint density at radius 1 is 1.39 bits per heavy atom. The van der Waals surface area contributed by atoms with Crippen LogP contribution < -0.4 is 5.32 Å². The summed E-state index contributed by atoms with van der Waals surface area (Å²) in [5.41, 5.74) is 2.36. The molecule has 0 bridgehead atoms. The quantitative estimate of drug-likeness (QED) is 0.830. The molecular formula is C14H19N3S. The van der Waals surface area contributed by atoms with Crippen molar-refractivity contribution in [3.63, 3.8) is 0 Å². The van der Waals surface area contributed by atoms with Gasteiger partial charge >= 0.3 is 0 Å². The summed E-state index contributed by atoms with van der Waals surface area (Å²) in [7, 11) is 0. The van der Waals surface area contributed by atoms with E-state index < -0.39 is 0 Å². The van der Waals surface area contributed by atoms with Crippen molar-refractivity contribution in [3.05, 3.63) is 42.5 Å². The second-order valence-electron chi connectivity index (χ2n) is 4.47. The summed E-state index contributed by atoms with van der Waals surface area (Å²) in [6.45, 7) is 5.13. The van der Waals surface area contributed by atoms with Crippen molar-refractivity contribution in [2.24, 2.45) is 0 Å². The zero-order valence-electron chi connectivity index (χ0n) is 11.1. The van der Waals surface area contributed by atoms with Crippen LogP contribution in [-0.2, 0) is 6.54 Å². The van der Waals surface area contributed by atoms with Crippen LogP contribution in [0.15, 0.2) is 41.7 Å². The van der Waals surface area contributed by atoms with Crippen LogP contribution in [0.5, 0.6) is 0 Å². The predicted octanol–water partition coefficient (Wildman–Crippen LogP) is 3.80. The molecule has 0 saturated carbocycles. The van der Waals surface area contributed by atoms with Gasteiger partial charge in [-0.3, -0.25) is 0 Å². The Kier molecular flexibility index (Phi) is 4.31. The van der Waals surface area contributed by atoms with Crippen molar-refractivity contribution >= 4 is 17.4 Å². The van der Waals surface area contributed by atoms with Gasteiger partial charge in [-0.25, -0.2) is 4.98 Å². The number of hydrogen-bond donors (Lipinski definition) is 1. The summed E-state index contributed by atoms with van der Waals surface area (Å²) in [6, 6.07) is 8.90. The summed E-state index contributed by atoms with van der Waals surface area (Å²) in [5.74, 6) is 0. The fourth-order valence-corrected chi connectivity index (χ4v) is 2.32. The van der Waals surface area contributed by atoms with Crippen LogP contribution in [0.3, 0.4) is 0 Å². The molecule has 1 heterocycles. The number of imidazole rings is 1. The Labute approximate surface area is 113 Å². The van der Waals surface area contributed by atoms with Gasteiger partial charge in [0.15, 0.2) is 0 Å². The highest BCUT2D eigenvalue weighted by atomic mass is 32.2. The molecule has 2 aromatic rings. The zero-order chi connectivity index (χ0) is 13.0. The van der Waals surface area contributed by atoms with Gasteiger partial charge in [0.05, 0.1) is 18.6 Å². The fraction of sp³-hybridized carbons (Fsp3) is 0.357. The summed E-state index contributed by atoms with van der Waals surface area (Å²) in [4.78, 5) is 5.48. The van der Waals surface area contributed by atoms with E-state index >= 15 is 0 Å². The minimum atomic E-state index is 0.446. The molecule has 4 heteroatoms. The molecule has 1 aromatic heterocycles. The lowest BCUT2D eigenvalue weighted by Gasteiger charge is -2.13. The zero-order valence-corrected chi connectivity index (χ0v) is 11.9. The van der Waals surface area contributed by atoms with Gasteiger partial charge in [0, 0.05) is 22.8 Å². The van der Waals surface area contributed by atoms with E-state index in [1.54, 1.807) is 11.8 Å². The molecule has 96 valence electrons. The molecule has 1 aromatic carbocycles. The van der Waals surface area contributed by atoms with Crippen LogP contribution >= 0.6 is 11.8 Å². The Morgan fingerprint density at radius 2 is 2.22 bits per heavy atom. The lowest BCUT2D eigenvalue weighted by Crippen LogP contribution is -2.08. The standard InChI is InChI=1S/C14H19N3S/c1-11(2)17-10-15-8-13(17)9-16-12-5-4-6-14(7-12)18-3/h4-8,10-11,16H,9H2,1-3H3. The Hall–Kier alpha value is -1.42. The lowest BCUT2D eigenvalue weighted by atomic mass is 10.3. The SMILES string of the molecule is CSc1cccc(NCc2cncn2C(C)C)c1. The maximum atomic E-state index is 4.21. The predicted molar refractivity (Wildman–Crippen MR) is 78.2 cm³/mol. The molecule has 0 amide bonds. The number of benzene rings is 1. The summed E-state index contributed by atoms with van der Waals surface area (Å²) in [6.07, 6.45) is 5.90. The van der Waals surface area contributed by atoms with E-state index in [2.05, 4.69) is 59.2 Å². The number of anilines is 1. The van der Waals surface area contributed by atoms with E-state index in [9.17, 15) is 0 Å². The van der Waals surface area contributed by atoms with Crippen molar-refractivity contribution in [1.29, 1.82) is 0 Å². The third-order valence-corrected chi connectivity index (χ3v) is 3.57. The average Bonchev–Trinajstić information content (AvgIpc) is 2.85. The number of thioether (sulfide) groups is 1. The van der Waals surface area contributed by atoms with E-state index in [0.29, 0.717) is 6.04 Å². The summed E-state index contributed by atoms with van der Waals surface area (Å²) < 4.78 is 2.19. The van der Waals surface area contributed by atoms with Crippen LogP contribution in [0.4, 0.5) is 5.69 Å². The minimum Gasteiger partial charge on any atom is -0.379 e. The first kappa shape index (κ1) is 13.0. The topological polar surface area (TPSA) is 29.9 Å². The molecule has 0 atom stereocenters. The van der Waals surface area contributed by atoms with E-state index in [1.165, 1.54) is 10.6 Å². The Bertz CT molecular complexity index is 505. The summed E-state index contributed by atoms with van der Waals surface area (Å²) >= 11 is 1.76. The van der Waals surface area contributed by atoms with Gasteiger partial charge in [-0.2, -0.15) is 0 Å². The van der Waals surface area contributed by atoms with Gasteiger partial charge in [0.1, 0.15) is 0 Å². The number of hydrogen-bond acceptors (Lipinski definition) is 3. The maximum Gasteiger partial charge on any atom is 0.0951 e. The highest BCUT2D eigenvalue weighted by Gasteiger charge is 2.04. The van der Waals surface area contributed by atoms with E-state index in [-0.39, 0.29) is 0 Å². The Balaban J connectivity index is 2.04. The normalized spacial score (nSPS) is 10.9. The molecule has 3 nitrogen and oxygen atoms in total. The lowest BCUT2D eigenvalue weighted by molar-refractivity contribution is 0.577. The fourth-order valence-electron chi connectivity index (χ4n) is 1.86. The van der Waals surface area contributed by atoms with Crippen molar-refractivity contribution in [2.75, 3.05) is 11.6 Å². The average molecular weight is 261 g/mol. The monoisotopic (exact) mass is 261 g/mol. The first-order chi connectivity index (χ1) is 8.70. The first-order valence-corrected chi connectivity index (χ1v) is 7.32. The van der Waals surface area contributed by atoms with E-state index in [1.807, 2.05) is 12.5 Å². The van der Waals surface area contributed by atoms with Crippen molar-refractivity contribution < 1.29 is 0 Å². The number of rotatable bonds is 5. The largest absolute Gasteiger partial charge is 0.379 e. The van der Waals surface area contributed by atoms with Gasteiger partial charge < -0.3 is 9.88 Å². The molecule has 0 aliphatic carbocycles. The van der Waals surface area contributed by atoms with Crippen LogP contribution in [0.2, 0.25) is 0 Å². The summed E-state index contributed by atoms with van der Waals surface area (Å²) in [5, 5.41) is 3.44. The molecule has 0 saturated heterocycles. The number of nitrogens with zero attached hydrogens (tertiary/aromatic N) is 2. The highest BCUT2D eigenvalue weighted by Crippen LogP contribution is 2.19. The van der Waals surface area contributed by atoms with Gasteiger partial charge in [0.2, 0.25) is 0 Å². The van der Waals surface area contributed by atoms with E-state index in [0.717, 1.165) is 12.2 Å². The molecule has 0 aliphatic heterocycles. The van der Waals surface area contributed by atoms with E-state index in [4.69, 9.17) is 0 Å². The third kappa shape index (κ3) is 3.07. The molecule has 0 spiro atoms. The van der Waals surface area contributed by atoms with Crippen LogP contribution in [0.1, 0.15) is 25.6 Å². The molecule has 1 N–H and O–H groups in total. The molecular weight excluding hydrogens is 242 g/mol. The second kappa shape index (κ2) is 5.96. The van der Waals surface area contributed by atoms with Crippen molar-refractivity contribution in [1.82, 2.24) is 9.55 Å². The molecule has 18 heavy (non-hydrogen) atoms. The molecule has 2 rings (SSSR count). The molecule has 0 radical (unpaired) electrons. The van der Waals surface area contributed by atoms with Crippen molar-refractivity contribution in [2.45, 2.75) is 31.3 Å². The number of nitrogens with one attached hydrogen (secondary N) is 1. The van der Waals surface area contributed by atoms with Crippen LogP contribution in [-0.4, -0.2) is 15.8 Å². The molecule has 0 unspecified atom stereocenters. The first-order valence-electron chi connectivity index (χ1n) is 6.09. The maximum absolute atomic E-state index is 4.21. The second-order valence-corrected chi connectivity index (χ2v) is 5.35. The smallest absolute Gasteiger partial charge is 0.0951 e. The molecule has 0 aliphatic rings.